The number of nitrogens with zero attached hydrogens (tertiary/aromatic N) is 2. The fourth-order valence-corrected chi connectivity index (χ4v) is 9.65. The van der Waals surface area contributed by atoms with Crippen LogP contribution in [-0.4, -0.2) is 16.2 Å². The third-order valence-corrected chi connectivity index (χ3v) is 11.6. The maximum absolute atomic E-state index is 5.28. The van der Waals surface area contributed by atoms with Gasteiger partial charge in [-0.3, -0.25) is 4.40 Å². The van der Waals surface area contributed by atoms with Crippen molar-refractivity contribution in [3.63, 3.8) is 0 Å². The van der Waals surface area contributed by atoms with Crippen molar-refractivity contribution >= 4 is 107 Å². The van der Waals surface area contributed by atoms with Crippen LogP contribution in [0.1, 0.15) is 0 Å². The molecule has 5 heterocycles. The molecule has 0 amide bonds. The van der Waals surface area contributed by atoms with Gasteiger partial charge in [-0.2, -0.15) is 0 Å². The number of anilines is 1. The molecule has 1 atom stereocenters. The fourth-order valence-electron chi connectivity index (χ4n) is 7.45. The third kappa shape index (κ3) is 2.86. The molecule has 5 heteroatoms. The zero-order chi connectivity index (χ0) is 27.8. The molecule has 2 aliphatic rings. The van der Waals surface area contributed by atoms with Crippen LogP contribution in [0.5, 0.6) is 0 Å². The maximum Gasteiger partial charge on any atom is 0.138 e. The molecule has 0 saturated carbocycles. The zero-order valence-corrected chi connectivity index (χ0v) is 24.4. The summed E-state index contributed by atoms with van der Waals surface area (Å²) in [4.78, 5) is 5.28. The fraction of sp³-hybridized carbons (Fsp3) is 0.0263. The SMILES string of the molecule is C1=CC2=Nc3c(n4c5ccc6sc7ccccc7c6c5c5cc(-c6ccc7sc8ccccc8c7c6)cc3c54)NC2C=C1. The van der Waals surface area contributed by atoms with Crippen LogP contribution in [0.4, 0.5) is 11.5 Å². The van der Waals surface area contributed by atoms with Crippen molar-refractivity contribution in [2.24, 2.45) is 4.99 Å². The van der Waals surface area contributed by atoms with E-state index in [0.717, 1.165) is 17.2 Å². The van der Waals surface area contributed by atoms with Crippen LogP contribution in [0.25, 0.3) is 78.7 Å². The quantitative estimate of drug-likeness (QED) is 0.205. The van der Waals surface area contributed by atoms with E-state index in [9.17, 15) is 0 Å². The van der Waals surface area contributed by atoms with E-state index >= 15 is 0 Å². The van der Waals surface area contributed by atoms with Crippen LogP contribution in [0.3, 0.4) is 0 Å². The van der Waals surface area contributed by atoms with E-state index < -0.39 is 0 Å². The second kappa shape index (κ2) is 7.90. The van der Waals surface area contributed by atoms with E-state index in [1.165, 1.54) is 78.7 Å². The van der Waals surface area contributed by atoms with Crippen molar-refractivity contribution in [3.8, 4) is 11.1 Å². The normalized spacial score (nSPS) is 16.3. The summed E-state index contributed by atoms with van der Waals surface area (Å²) < 4.78 is 7.76. The number of allylic oxidation sites excluding steroid dienone is 2. The molecule has 0 spiro atoms. The Bertz CT molecular complexity index is 2770. The van der Waals surface area contributed by atoms with Gasteiger partial charge in [-0.1, -0.05) is 60.7 Å². The Morgan fingerprint density at radius 2 is 1.37 bits per heavy atom. The first-order valence-electron chi connectivity index (χ1n) is 14.6. The highest BCUT2D eigenvalue weighted by Crippen LogP contribution is 2.51. The van der Waals surface area contributed by atoms with E-state index in [0.29, 0.717) is 0 Å². The van der Waals surface area contributed by atoms with E-state index in [4.69, 9.17) is 4.99 Å². The van der Waals surface area contributed by atoms with Gasteiger partial charge in [-0.05, 0) is 65.7 Å². The van der Waals surface area contributed by atoms with Gasteiger partial charge in [0.25, 0.3) is 0 Å². The van der Waals surface area contributed by atoms with Gasteiger partial charge in [0.05, 0.1) is 22.8 Å². The van der Waals surface area contributed by atoms with E-state index in [1.54, 1.807) is 0 Å². The molecule has 1 unspecified atom stereocenters. The van der Waals surface area contributed by atoms with Crippen LogP contribution in [0.15, 0.2) is 120 Å². The van der Waals surface area contributed by atoms with Gasteiger partial charge in [0.15, 0.2) is 0 Å². The van der Waals surface area contributed by atoms with Gasteiger partial charge in [-0.25, -0.2) is 4.99 Å². The number of aliphatic imine (C=N–C) groups is 1. The van der Waals surface area contributed by atoms with Crippen molar-refractivity contribution in [2.75, 3.05) is 5.32 Å². The molecule has 0 saturated heterocycles. The van der Waals surface area contributed by atoms with E-state index in [-0.39, 0.29) is 6.04 Å². The molecule has 43 heavy (non-hydrogen) atoms. The van der Waals surface area contributed by atoms with Gasteiger partial charge in [0.2, 0.25) is 0 Å². The van der Waals surface area contributed by atoms with Crippen LogP contribution in [0.2, 0.25) is 0 Å². The predicted octanol–water partition coefficient (Wildman–Crippen LogP) is 11.1. The standard InChI is InChI=1S/C38H21N3S2/c1-5-11-30-22(7-1)24-17-20(13-15-32(24)42-30)21-18-25-34-29(14-16-33-35(34)23-8-2-6-12-31(23)43-33)41-37(25)26(19-21)36-38(41)40-28-10-4-3-9-27(28)39-36/h1-19,28,40H. The summed E-state index contributed by atoms with van der Waals surface area (Å²) in [6, 6.07) is 34.0. The van der Waals surface area contributed by atoms with Gasteiger partial charge in [-0.15, -0.1) is 22.7 Å². The summed E-state index contributed by atoms with van der Waals surface area (Å²) in [6.07, 6.45) is 8.52. The molecule has 0 fully saturated rings. The lowest BCUT2D eigenvalue weighted by atomic mass is 9.97. The molecule has 0 radical (unpaired) electrons. The van der Waals surface area contributed by atoms with Crippen LogP contribution in [0, 0.1) is 0 Å². The number of rotatable bonds is 1. The molecule has 0 bridgehead atoms. The zero-order valence-electron chi connectivity index (χ0n) is 22.8. The first-order chi connectivity index (χ1) is 21.3. The molecule has 200 valence electrons. The number of hydrogen-bond acceptors (Lipinski definition) is 4. The predicted molar refractivity (Wildman–Crippen MR) is 188 cm³/mol. The monoisotopic (exact) mass is 583 g/mol. The first-order valence-corrected chi connectivity index (χ1v) is 16.2. The molecular weight excluding hydrogens is 563 g/mol. The molecule has 3 nitrogen and oxygen atoms in total. The summed E-state index contributed by atoms with van der Waals surface area (Å²) in [5.74, 6) is 1.08. The maximum atomic E-state index is 5.28. The average molecular weight is 584 g/mol. The molecule has 11 rings (SSSR count). The summed E-state index contributed by atoms with van der Waals surface area (Å²) in [6.45, 7) is 0. The molecule has 1 aliphatic heterocycles. The highest BCUT2D eigenvalue weighted by atomic mass is 32.1. The van der Waals surface area contributed by atoms with Crippen molar-refractivity contribution in [1.29, 1.82) is 0 Å². The van der Waals surface area contributed by atoms with Crippen LogP contribution < -0.4 is 5.32 Å². The van der Waals surface area contributed by atoms with Crippen molar-refractivity contribution < 1.29 is 0 Å². The molecular formula is C38H21N3S2. The molecule has 1 aliphatic carbocycles. The Kier molecular flexibility index (Phi) is 4.15. The summed E-state index contributed by atoms with van der Waals surface area (Å²) in [5, 5.41) is 13.0. The Morgan fingerprint density at radius 3 is 2.30 bits per heavy atom. The van der Waals surface area contributed by atoms with E-state index in [1.807, 2.05) is 22.7 Å². The van der Waals surface area contributed by atoms with Crippen molar-refractivity contribution in [2.45, 2.75) is 6.04 Å². The highest BCUT2D eigenvalue weighted by Gasteiger charge is 2.30. The number of nitrogens with one attached hydrogen (secondary N) is 1. The average Bonchev–Trinajstić information content (AvgIpc) is 3.79. The Labute approximate surface area is 253 Å². The van der Waals surface area contributed by atoms with Crippen LogP contribution >= 0.6 is 22.7 Å². The number of hydrogen-bond donors (Lipinski definition) is 1. The molecule has 4 aromatic heterocycles. The minimum absolute atomic E-state index is 0.0741. The lowest BCUT2D eigenvalue weighted by Gasteiger charge is -2.23. The van der Waals surface area contributed by atoms with Crippen molar-refractivity contribution in [1.82, 2.24) is 4.40 Å². The van der Waals surface area contributed by atoms with Gasteiger partial charge in [0.1, 0.15) is 11.5 Å². The number of benzene rings is 5. The molecule has 1 N–H and O–H groups in total. The summed E-state index contributed by atoms with van der Waals surface area (Å²) in [5.41, 5.74) is 7.04. The van der Waals surface area contributed by atoms with Gasteiger partial charge < -0.3 is 5.32 Å². The molecule has 9 aromatic rings. The van der Waals surface area contributed by atoms with Crippen LogP contribution in [-0.2, 0) is 0 Å². The highest BCUT2D eigenvalue weighted by molar-refractivity contribution is 7.26. The Morgan fingerprint density at radius 1 is 0.628 bits per heavy atom. The van der Waals surface area contributed by atoms with Gasteiger partial charge >= 0.3 is 0 Å². The van der Waals surface area contributed by atoms with E-state index in [2.05, 4.69) is 125 Å². The minimum Gasteiger partial charge on any atom is -0.357 e. The Balaban J connectivity index is 1.31. The number of aromatic nitrogens is 1. The summed E-state index contributed by atoms with van der Waals surface area (Å²) in [7, 11) is 0. The molecule has 5 aromatic carbocycles. The van der Waals surface area contributed by atoms with Crippen molar-refractivity contribution in [3.05, 3.63) is 115 Å². The largest absolute Gasteiger partial charge is 0.357 e. The van der Waals surface area contributed by atoms with Gasteiger partial charge in [0, 0.05) is 56.5 Å². The number of thiophene rings is 2. The first kappa shape index (κ1) is 22.6. The second-order valence-electron chi connectivity index (χ2n) is 11.6. The second-order valence-corrected chi connectivity index (χ2v) is 13.8. The lowest BCUT2D eigenvalue weighted by molar-refractivity contribution is 1.09. The lowest BCUT2D eigenvalue weighted by Crippen LogP contribution is -2.30. The smallest absolute Gasteiger partial charge is 0.138 e. The Hall–Kier alpha value is -4.97. The minimum atomic E-state index is 0.0741. The number of fused-ring (bicyclic) bond motifs is 14. The third-order valence-electron chi connectivity index (χ3n) is 9.31. The topological polar surface area (TPSA) is 28.8 Å². The summed E-state index contributed by atoms with van der Waals surface area (Å²) >= 11 is 3.75.